The van der Waals surface area contributed by atoms with Gasteiger partial charge in [-0.3, -0.25) is 9.59 Å². The molecule has 2 rings (SSSR count). The van der Waals surface area contributed by atoms with Crippen molar-refractivity contribution in [1.82, 2.24) is 10.2 Å². The summed E-state index contributed by atoms with van der Waals surface area (Å²) in [7, 11) is 0. The van der Waals surface area contributed by atoms with Crippen LogP contribution in [0, 0.1) is 0 Å². The zero-order valence-corrected chi connectivity index (χ0v) is 12.2. The topological polar surface area (TPSA) is 75.4 Å². The molecule has 2 aliphatic rings. The minimum absolute atomic E-state index is 0.00502. The highest BCUT2D eigenvalue weighted by Gasteiger charge is 2.37. The average molecular weight is 285 g/mol. The summed E-state index contributed by atoms with van der Waals surface area (Å²) in [4.78, 5) is 26.1. The van der Waals surface area contributed by atoms with Crippen LogP contribution in [0.15, 0.2) is 0 Å². The van der Waals surface area contributed by atoms with Gasteiger partial charge in [0.05, 0.1) is 6.04 Å². The normalized spacial score (nSPS) is 24.3. The van der Waals surface area contributed by atoms with Gasteiger partial charge in [-0.05, 0) is 44.1 Å². The van der Waals surface area contributed by atoms with Gasteiger partial charge in [0, 0.05) is 12.6 Å². The van der Waals surface area contributed by atoms with E-state index in [1.165, 1.54) is 0 Å². The van der Waals surface area contributed by atoms with Crippen molar-refractivity contribution in [2.75, 3.05) is 18.6 Å². The summed E-state index contributed by atoms with van der Waals surface area (Å²) < 4.78 is 0. The standard InChI is InChI=1S/C13H23N3O2S/c1-19-8-6-10(14)13(18)16-7-2-3-11(16)12(17)15-9-4-5-9/h9-11H,2-8,14H2,1H3,(H,15,17)/t10-,11?/m1/s1. The molecule has 0 bridgehead atoms. The maximum absolute atomic E-state index is 12.3. The van der Waals surface area contributed by atoms with E-state index in [1.807, 2.05) is 6.26 Å². The molecular weight excluding hydrogens is 262 g/mol. The van der Waals surface area contributed by atoms with Crippen LogP contribution < -0.4 is 11.1 Å². The van der Waals surface area contributed by atoms with Gasteiger partial charge >= 0.3 is 0 Å². The number of amides is 2. The van der Waals surface area contributed by atoms with Gasteiger partial charge in [0.1, 0.15) is 6.04 Å². The van der Waals surface area contributed by atoms with Gasteiger partial charge in [-0.15, -0.1) is 0 Å². The average Bonchev–Trinajstić information content (AvgIpc) is 3.08. The van der Waals surface area contributed by atoms with Gasteiger partial charge < -0.3 is 16.0 Å². The second kappa shape index (κ2) is 6.61. The van der Waals surface area contributed by atoms with Crippen LogP contribution in [0.2, 0.25) is 0 Å². The fourth-order valence-corrected chi connectivity index (χ4v) is 2.90. The van der Waals surface area contributed by atoms with Crippen molar-refractivity contribution in [3.63, 3.8) is 0 Å². The lowest BCUT2D eigenvalue weighted by Gasteiger charge is -2.26. The van der Waals surface area contributed by atoms with Crippen LogP contribution in [0.3, 0.4) is 0 Å². The number of hydrogen-bond acceptors (Lipinski definition) is 4. The number of nitrogens with two attached hydrogens (primary N) is 1. The van der Waals surface area contributed by atoms with Crippen molar-refractivity contribution in [3.05, 3.63) is 0 Å². The highest BCUT2D eigenvalue weighted by molar-refractivity contribution is 7.98. The van der Waals surface area contributed by atoms with Crippen LogP contribution in [-0.2, 0) is 9.59 Å². The van der Waals surface area contributed by atoms with Gasteiger partial charge in [0.25, 0.3) is 0 Å². The molecule has 0 spiro atoms. The number of carbonyl (C=O) groups is 2. The number of hydrogen-bond donors (Lipinski definition) is 2. The van der Waals surface area contributed by atoms with E-state index in [9.17, 15) is 9.59 Å². The minimum Gasteiger partial charge on any atom is -0.352 e. The van der Waals surface area contributed by atoms with E-state index in [2.05, 4.69) is 5.32 Å². The van der Waals surface area contributed by atoms with Crippen LogP contribution in [0.1, 0.15) is 32.1 Å². The number of nitrogens with zero attached hydrogens (tertiary/aromatic N) is 1. The van der Waals surface area contributed by atoms with Gasteiger partial charge in [-0.25, -0.2) is 0 Å². The predicted octanol–water partition coefficient (Wildman–Crippen LogP) is 0.336. The molecular formula is C13H23N3O2S. The lowest BCUT2D eigenvalue weighted by Crippen LogP contribution is -2.51. The van der Waals surface area contributed by atoms with E-state index in [0.29, 0.717) is 19.0 Å². The Kier molecular flexibility index (Phi) is 5.10. The third kappa shape index (κ3) is 3.86. The summed E-state index contributed by atoms with van der Waals surface area (Å²) >= 11 is 1.68. The molecule has 2 amide bonds. The number of nitrogens with one attached hydrogen (secondary N) is 1. The fourth-order valence-electron chi connectivity index (χ4n) is 2.41. The molecule has 1 saturated carbocycles. The maximum atomic E-state index is 12.3. The Labute approximate surface area is 118 Å². The van der Waals surface area contributed by atoms with Crippen molar-refractivity contribution in [2.45, 2.75) is 50.2 Å². The second-order valence-electron chi connectivity index (χ2n) is 5.36. The lowest BCUT2D eigenvalue weighted by molar-refractivity contribution is -0.139. The van der Waals surface area contributed by atoms with Crippen molar-refractivity contribution >= 4 is 23.6 Å². The molecule has 3 N–H and O–H groups in total. The molecule has 108 valence electrons. The first-order valence-corrected chi connectivity index (χ1v) is 8.38. The zero-order chi connectivity index (χ0) is 13.8. The van der Waals surface area contributed by atoms with Gasteiger partial charge in [0.15, 0.2) is 0 Å². The van der Waals surface area contributed by atoms with Crippen LogP contribution >= 0.6 is 11.8 Å². The summed E-state index contributed by atoms with van der Waals surface area (Å²) in [5.41, 5.74) is 5.92. The molecule has 6 heteroatoms. The fraction of sp³-hybridized carbons (Fsp3) is 0.846. The summed E-state index contributed by atoms with van der Waals surface area (Å²) in [6.45, 7) is 0.661. The Morgan fingerprint density at radius 3 is 2.79 bits per heavy atom. The first kappa shape index (κ1) is 14.7. The van der Waals surface area contributed by atoms with Crippen LogP contribution in [0.5, 0.6) is 0 Å². The third-order valence-corrected chi connectivity index (χ3v) is 4.36. The van der Waals surface area contributed by atoms with Gasteiger partial charge in [0.2, 0.25) is 11.8 Å². The molecule has 5 nitrogen and oxygen atoms in total. The maximum Gasteiger partial charge on any atom is 0.243 e. The van der Waals surface area contributed by atoms with Crippen LogP contribution in [0.25, 0.3) is 0 Å². The molecule has 1 heterocycles. The summed E-state index contributed by atoms with van der Waals surface area (Å²) in [6.07, 6.45) is 6.47. The third-order valence-electron chi connectivity index (χ3n) is 3.71. The first-order chi connectivity index (χ1) is 9.13. The zero-order valence-electron chi connectivity index (χ0n) is 11.4. The van der Waals surface area contributed by atoms with E-state index in [-0.39, 0.29) is 17.9 Å². The summed E-state index contributed by atoms with van der Waals surface area (Å²) in [5, 5.41) is 2.98. The number of likely N-dealkylation sites (tertiary alicyclic amines) is 1. The Balaban J connectivity index is 1.89. The van der Waals surface area contributed by atoms with E-state index in [1.54, 1.807) is 16.7 Å². The molecule has 2 fully saturated rings. The quantitative estimate of drug-likeness (QED) is 0.738. The van der Waals surface area contributed by atoms with E-state index >= 15 is 0 Å². The Hall–Kier alpha value is -0.750. The Morgan fingerprint density at radius 2 is 2.16 bits per heavy atom. The van der Waals surface area contributed by atoms with Crippen LogP contribution in [-0.4, -0.2) is 53.4 Å². The monoisotopic (exact) mass is 285 g/mol. The number of carbonyl (C=O) groups excluding carboxylic acids is 2. The molecule has 0 aromatic carbocycles. The molecule has 0 aromatic heterocycles. The van der Waals surface area contributed by atoms with Gasteiger partial charge in [-0.2, -0.15) is 11.8 Å². The number of rotatable bonds is 6. The predicted molar refractivity (Wildman–Crippen MR) is 76.9 cm³/mol. The minimum atomic E-state index is -0.471. The SMILES string of the molecule is CSCC[C@@H](N)C(=O)N1CCCC1C(=O)NC1CC1. The molecule has 1 unspecified atom stereocenters. The second-order valence-corrected chi connectivity index (χ2v) is 6.35. The first-order valence-electron chi connectivity index (χ1n) is 6.99. The van der Waals surface area contributed by atoms with E-state index < -0.39 is 6.04 Å². The van der Waals surface area contributed by atoms with E-state index in [0.717, 1.165) is 31.4 Å². The van der Waals surface area contributed by atoms with Crippen LogP contribution in [0.4, 0.5) is 0 Å². The number of thioether (sulfide) groups is 1. The van der Waals surface area contributed by atoms with Crippen molar-refractivity contribution < 1.29 is 9.59 Å². The molecule has 1 saturated heterocycles. The smallest absolute Gasteiger partial charge is 0.243 e. The van der Waals surface area contributed by atoms with Crippen molar-refractivity contribution in [2.24, 2.45) is 5.73 Å². The van der Waals surface area contributed by atoms with Crippen molar-refractivity contribution in [1.29, 1.82) is 0 Å². The Morgan fingerprint density at radius 1 is 1.42 bits per heavy atom. The molecule has 2 atom stereocenters. The molecule has 0 aromatic rings. The highest BCUT2D eigenvalue weighted by Crippen LogP contribution is 2.23. The molecule has 1 aliphatic carbocycles. The largest absolute Gasteiger partial charge is 0.352 e. The summed E-state index contributed by atoms with van der Waals surface area (Å²) in [6, 6.07) is -0.426. The molecule has 0 radical (unpaired) electrons. The molecule has 1 aliphatic heterocycles. The van der Waals surface area contributed by atoms with Gasteiger partial charge in [-0.1, -0.05) is 0 Å². The Bertz CT molecular complexity index is 347. The van der Waals surface area contributed by atoms with Crippen molar-refractivity contribution in [3.8, 4) is 0 Å². The summed E-state index contributed by atoms with van der Waals surface area (Å²) in [5.74, 6) is 0.813. The molecule has 19 heavy (non-hydrogen) atoms. The highest BCUT2D eigenvalue weighted by atomic mass is 32.2. The lowest BCUT2D eigenvalue weighted by atomic mass is 10.1. The van der Waals surface area contributed by atoms with E-state index in [4.69, 9.17) is 5.73 Å².